The van der Waals surface area contributed by atoms with Gasteiger partial charge in [-0.05, 0) is 50.7 Å². The molecule has 1 amide bonds. The van der Waals surface area contributed by atoms with Crippen molar-refractivity contribution < 1.29 is 9.53 Å². The Morgan fingerprint density at radius 1 is 1.43 bits per heavy atom. The molecule has 0 aliphatic carbocycles. The summed E-state index contributed by atoms with van der Waals surface area (Å²) in [6, 6.07) is 2.32. The molecule has 0 saturated carbocycles. The van der Waals surface area contributed by atoms with Crippen LogP contribution in [0.1, 0.15) is 55.0 Å². The van der Waals surface area contributed by atoms with Crippen LogP contribution in [-0.4, -0.2) is 19.1 Å². The van der Waals surface area contributed by atoms with Crippen molar-refractivity contribution in [2.45, 2.75) is 53.0 Å². The number of aryl methyl sites for hydroxylation is 2. The number of hydrogen-bond acceptors (Lipinski definition) is 3. The molecule has 0 radical (unpaired) electrons. The van der Waals surface area contributed by atoms with E-state index in [9.17, 15) is 4.79 Å². The van der Waals surface area contributed by atoms with Gasteiger partial charge < -0.3 is 10.1 Å². The molecule has 2 heterocycles. The molecule has 118 valence electrons. The van der Waals surface area contributed by atoms with Gasteiger partial charge in [0.25, 0.3) is 0 Å². The van der Waals surface area contributed by atoms with Crippen LogP contribution in [0.3, 0.4) is 0 Å². The average molecular weight is 309 g/mol. The van der Waals surface area contributed by atoms with E-state index in [1.54, 1.807) is 0 Å². The van der Waals surface area contributed by atoms with Gasteiger partial charge in [0.2, 0.25) is 5.91 Å². The van der Waals surface area contributed by atoms with Crippen molar-refractivity contribution in [3.63, 3.8) is 0 Å². The number of nitrogens with one attached hydrogen (secondary N) is 1. The molecule has 1 saturated heterocycles. The van der Waals surface area contributed by atoms with E-state index in [2.05, 4.69) is 39.1 Å². The number of ether oxygens (including phenoxy) is 1. The normalized spacial score (nSPS) is 19.2. The fraction of sp³-hybridized carbons (Fsp3) is 0.706. The van der Waals surface area contributed by atoms with E-state index in [1.165, 1.54) is 15.3 Å². The first kappa shape index (κ1) is 16.5. The van der Waals surface area contributed by atoms with Crippen LogP contribution in [-0.2, 0) is 16.0 Å². The molecule has 3 nitrogen and oxygen atoms in total. The third-order valence-electron chi connectivity index (χ3n) is 4.53. The van der Waals surface area contributed by atoms with E-state index in [0.29, 0.717) is 5.92 Å². The monoisotopic (exact) mass is 309 g/mol. The molecule has 1 aliphatic heterocycles. The van der Waals surface area contributed by atoms with E-state index in [1.807, 2.05) is 11.3 Å². The van der Waals surface area contributed by atoms with E-state index >= 15 is 0 Å². The van der Waals surface area contributed by atoms with Crippen LogP contribution in [0.15, 0.2) is 6.07 Å². The zero-order chi connectivity index (χ0) is 15.4. The topological polar surface area (TPSA) is 38.3 Å². The third kappa shape index (κ3) is 4.07. The highest BCUT2D eigenvalue weighted by Crippen LogP contribution is 2.29. The molecule has 21 heavy (non-hydrogen) atoms. The van der Waals surface area contributed by atoms with Crippen molar-refractivity contribution in [1.29, 1.82) is 0 Å². The summed E-state index contributed by atoms with van der Waals surface area (Å²) in [4.78, 5) is 15.1. The first-order valence-corrected chi connectivity index (χ1v) is 8.81. The highest BCUT2D eigenvalue weighted by atomic mass is 32.1. The highest BCUT2D eigenvalue weighted by Gasteiger charge is 2.27. The van der Waals surface area contributed by atoms with Crippen LogP contribution >= 0.6 is 11.3 Å². The molecule has 1 aromatic rings. The van der Waals surface area contributed by atoms with Gasteiger partial charge in [-0.15, -0.1) is 11.3 Å². The summed E-state index contributed by atoms with van der Waals surface area (Å²) in [5.41, 5.74) is 1.34. The van der Waals surface area contributed by atoms with Gasteiger partial charge in [0.15, 0.2) is 0 Å². The van der Waals surface area contributed by atoms with Crippen molar-refractivity contribution in [1.82, 2.24) is 5.32 Å². The van der Waals surface area contributed by atoms with Gasteiger partial charge in [0.05, 0.1) is 6.04 Å². The zero-order valence-corrected chi connectivity index (χ0v) is 14.4. The summed E-state index contributed by atoms with van der Waals surface area (Å²) in [6.07, 6.45) is 3.07. The smallest absolute Gasteiger partial charge is 0.223 e. The molecule has 0 spiro atoms. The lowest BCUT2D eigenvalue weighted by molar-refractivity contribution is -0.127. The summed E-state index contributed by atoms with van der Waals surface area (Å²) in [6.45, 7) is 10.1. The molecule has 2 atom stereocenters. The maximum atomic E-state index is 12.4. The van der Waals surface area contributed by atoms with Crippen molar-refractivity contribution in [3.8, 4) is 0 Å². The average Bonchev–Trinajstić information content (AvgIpc) is 2.88. The van der Waals surface area contributed by atoms with Gasteiger partial charge in [-0.1, -0.05) is 13.8 Å². The second-order valence-corrected chi connectivity index (χ2v) is 7.25. The Kier molecular flexibility index (Phi) is 5.82. The molecule has 0 bridgehead atoms. The minimum Gasteiger partial charge on any atom is -0.381 e. The molecule has 0 unspecified atom stereocenters. The minimum absolute atomic E-state index is 0.0723. The van der Waals surface area contributed by atoms with Crippen LogP contribution < -0.4 is 5.32 Å². The van der Waals surface area contributed by atoms with Gasteiger partial charge in [-0.25, -0.2) is 0 Å². The molecular weight excluding hydrogens is 282 g/mol. The van der Waals surface area contributed by atoms with Crippen LogP contribution in [0, 0.1) is 18.8 Å². The quantitative estimate of drug-likeness (QED) is 0.897. The van der Waals surface area contributed by atoms with Gasteiger partial charge >= 0.3 is 0 Å². The van der Waals surface area contributed by atoms with E-state index < -0.39 is 0 Å². The van der Waals surface area contributed by atoms with Gasteiger partial charge in [-0.3, -0.25) is 4.79 Å². The predicted molar refractivity (Wildman–Crippen MR) is 87.7 cm³/mol. The minimum atomic E-state index is 0.0723. The maximum absolute atomic E-state index is 12.4. The summed E-state index contributed by atoms with van der Waals surface area (Å²) < 4.78 is 5.38. The molecular formula is C17H27NO2S. The summed E-state index contributed by atoms with van der Waals surface area (Å²) in [5.74, 6) is 0.712. The van der Waals surface area contributed by atoms with Crippen LogP contribution in [0.25, 0.3) is 0 Å². The van der Waals surface area contributed by atoms with Crippen molar-refractivity contribution in [3.05, 3.63) is 21.4 Å². The van der Waals surface area contributed by atoms with Gasteiger partial charge in [0, 0.05) is 28.9 Å². The number of amides is 1. The second kappa shape index (κ2) is 7.41. The molecule has 4 heteroatoms. The van der Waals surface area contributed by atoms with E-state index in [0.717, 1.165) is 32.5 Å². The number of carbonyl (C=O) groups is 1. The van der Waals surface area contributed by atoms with Crippen molar-refractivity contribution >= 4 is 17.2 Å². The lowest BCUT2D eigenvalue weighted by Crippen LogP contribution is -2.36. The van der Waals surface area contributed by atoms with E-state index in [4.69, 9.17) is 4.74 Å². The van der Waals surface area contributed by atoms with Crippen molar-refractivity contribution in [2.24, 2.45) is 11.8 Å². The Morgan fingerprint density at radius 3 is 2.67 bits per heavy atom. The lowest BCUT2D eigenvalue weighted by atomic mass is 9.86. The second-order valence-electron chi connectivity index (χ2n) is 6.08. The van der Waals surface area contributed by atoms with Gasteiger partial charge in [0.1, 0.15) is 0 Å². The number of rotatable bonds is 5. The highest BCUT2D eigenvalue weighted by molar-refractivity contribution is 7.12. The molecule has 1 N–H and O–H groups in total. The molecule has 1 fully saturated rings. The van der Waals surface area contributed by atoms with Crippen LogP contribution in [0.2, 0.25) is 0 Å². The van der Waals surface area contributed by atoms with Gasteiger partial charge in [-0.2, -0.15) is 0 Å². The Bertz CT molecular complexity index is 477. The summed E-state index contributed by atoms with van der Waals surface area (Å²) in [7, 11) is 0. The SMILES string of the molecule is CCc1sc([C@@H](C)NC(=O)[C@@H](C)C2CCOCC2)cc1C. The first-order valence-electron chi connectivity index (χ1n) is 8.00. The predicted octanol–water partition coefficient (Wildman–Crippen LogP) is 3.86. The number of thiophene rings is 1. The summed E-state index contributed by atoms with van der Waals surface area (Å²) >= 11 is 1.82. The van der Waals surface area contributed by atoms with Crippen LogP contribution in [0.5, 0.6) is 0 Å². The molecule has 2 rings (SSSR count). The maximum Gasteiger partial charge on any atom is 0.223 e. The molecule has 1 aromatic heterocycles. The largest absolute Gasteiger partial charge is 0.381 e. The Labute approximate surface area is 132 Å². The first-order chi connectivity index (χ1) is 10.0. The third-order valence-corrected chi connectivity index (χ3v) is 6.10. The number of hydrogen-bond donors (Lipinski definition) is 1. The fourth-order valence-electron chi connectivity index (χ4n) is 2.96. The van der Waals surface area contributed by atoms with Crippen molar-refractivity contribution in [2.75, 3.05) is 13.2 Å². The summed E-state index contributed by atoms with van der Waals surface area (Å²) in [5, 5.41) is 3.19. The van der Waals surface area contributed by atoms with E-state index in [-0.39, 0.29) is 17.9 Å². The van der Waals surface area contributed by atoms with Crippen LogP contribution in [0.4, 0.5) is 0 Å². The standard InChI is InChI=1S/C17H27NO2S/c1-5-15-11(2)10-16(21-15)13(4)18-17(19)12(3)14-6-8-20-9-7-14/h10,12-14H,5-9H2,1-4H3,(H,18,19)/t12-,13+/m0/s1. The Hall–Kier alpha value is -0.870. The molecule has 1 aliphatic rings. The lowest BCUT2D eigenvalue weighted by Gasteiger charge is -2.27. The fourth-order valence-corrected chi connectivity index (χ4v) is 4.08. The molecule has 0 aromatic carbocycles. The number of carbonyl (C=O) groups excluding carboxylic acids is 1. The Balaban J connectivity index is 1.94. The zero-order valence-electron chi connectivity index (χ0n) is 13.6. The Morgan fingerprint density at radius 2 is 2.10 bits per heavy atom.